The average Bonchev–Trinajstić information content (AvgIpc) is 2.34. The number of hydrogen-bond acceptors (Lipinski definition) is 2. The summed E-state index contributed by atoms with van der Waals surface area (Å²) in [5.41, 5.74) is 5.59. The first-order valence-electron chi connectivity index (χ1n) is 7.56. The Kier molecular flexibility index (Phi) is 11.2. The van der Waals surface area contributed by atoms with Gasteiger partial charge in [-0.2, -0.15) is 0 Å². The van der Waals surface area contributed by atoms with Crippen LogP contribution in [-0.4, -0.2) is 19.0 Å². The molecule has 0 aromatic carbocycles. The number of rotatable bonds is 11. The lowest BCUT2D eigenvalue weighted by atomic mass is 10.0. The van der Waals surface area contributed by atoms with Crippen LogP contribution in [0.4, 0.5) is 0 Å². The maximum atomic E-state index is 11.6. The highest BCUT2D eigenvalue weighted by molar-refractivity contribution is 5.76. The molecule has 3 N–H and O–H groups in total. The van der Waals surface area contributed by atoms with Crippen molar-refractivity contribution in [3.63, 3.8) is 0 Å². The van der Waals surface area contributed by atoms with E-state index in [2.05, 4.69) is 26.1 Å². The summed E-state index contributed by atoms with van der Waals surface area (Å²) in [6, 6.07) is 0. The molecule has 0 saturated heterocycles. The molecule has 0 aliphatic carbocycles. The van der Waals surface area contributed by atoms with E-state index in [0.29, 0.717) is 18.9 Å². The van der Waals surface area contributed by atoms with Gasteiger partial charge in [-0.1, -0.05) is 52.9 Å². The predicted octanol–water partition coefficient (Wildman–Crippen LogP) is 3.08. The van der Waals surface area contributed by atoms with E-state index >= 15 is 0 Å². The molecule has 0 saturated carbocycles. The van der Waals surface area contributed by atoms with Gasteiger partial charge in [0.25, 0.3) is 0 Å². The second-order valence-electron chi connectivity index (χ2n) is 5.66. The highest BCUT2D eigenvalue weighted by atomic mass is 16.1. The van der Waals surface area contributed by atoms with Crippen molar-refractivity contribution in [3.05, 3.63) is 0 Å². The summed E-state index contributed by atoms with van der Waals surface area (Å²) in [4.78, 5) is 11.6. The molecule has 0 rings (SSSR count). The lowest BCUT2D eigenvalue weighted by Gasteiger charge is -2.11. The third-order valence-electron chi connectivity index (χ3n) is 3.42. The summed E-state index contributed by atoms with van der Waals surface area (Å²) >= 11 is 0. The van der Waals surface area contributed by atoms with Gasteiger partial charge in [0.2, 0.25) is 5.91 Å². The summed E-state index contributed by atoms with van der Waals surface area (Å²) in [6.07, 6.45) is 7.82. The van der Waals surface area contributed by atoms with Crippen LogP contribution < -0.4 is 11.1 Å². The second kappa shape index (κ2) is 11.5. The van der Waals surface area contributed by atoms with Crippen molar-refractivity contribution in [2.24, 2.45) is 17.6 Å². The quantitative estimate of drug-likeness (QED) is 0.558. The molecule has 0 aromatic heterocycles. The van der Waals surface area contributed by atoms with Crippen molar-refractivity contribution in [1.82, 2.24) is 5.32 Å². The van der Waals surface area contributed by atoms with Crippen LogP contribution in [0.15, 0.2) is 0 Å². The van der Waals surface area contributed by atoms with E-state index in [9.17, 15) is 4.79 Å². The molecule has 1 atom stereocenters. The van der Waals surface area contributed by atoms with E-state index in [1.807, 2.05) is 0 Å². The summed E-state index contributed by atoms with van der Waals surface area (Å²) in [6.45, 7) is 8.05. The van der Waals surface area contributed by atoms with Gasteiger partial charge in [-0.05, 0) is 24.8 Å². The molecule has 0 heterocycles. The fraction of sp³-hybridized carbons (Fsp3) is 0.933. The van der Waals surface area contributed by atoms with Crippen LogP contribution >= 0.6 is 0 Å². The van der Waals surface area contributed by atoms with Gasteiger partial charge in [-0.25, -0.2) is 0 Å². The molecule has 1 unspecified atom stereocenters. The van der Waals surface area contributed by atoms with Crippen LogP contribution in [0, 0.1) is 11.8 Å². The van der Waals surface area contributed by atoms with Crippen molar-refractivity contribution in [1.29, 1.82) is 0 Å². The summed E-state index contributed by atoms with van der Waals surface area (Å²) in [7, 11) is 0. The van der Waals surface area contributed by atoms with Crippen molar-refractivity contribution in [2.45, 2.75) is 65.7 Å². The van der Waals surface area contributed by atoms with Crippen molar-refractivity contribution in [2.75, 3.05) is 13.1 Å². The zero-order valence-corrected chi connectivity index (χ0v) is 12.5. The Labute approximate surface area is 113 Å². The fourth-order valence-electron chi connectivity index (χ4n) is 1.99. The van der Waals surface area contributed by atoms with E-state index in [4.69, 9.17) is 5.73 Å². The van der Waals surface area contributed by atoms with Crippen LogP contribution in [-0.2, 0) is 4.79 Å². The number of nitrogens with one attached hydrogen (secondary N) is 1. The molecule has 0 aliphatic rings. The van der Waals surface area contributed by atoms with Crippen LogP contribution in [0.3, 0.4) is 0 Å². The standard InChI is InChI=1S/C15H32N2O/c1-4-14(12-16)11-15(18)17-10-8-6-5-7-9-13(2)3/h13-14H,4-12,16H2,1-3H3,(H,17,18). The van der Waals surface area contributed by atoms with Gasteiger partial charge >= 0.3 is 0 Å². The zero-order valence-electron chi connectivity index (χ0n) is 12.5. The maximum absolute atomic E-state index is 11.6. The number of amides is 1. The molecule has 1 amide bonds. The Balaban J connectivity index is 3.35. The second-order valence-corrected chi connectivity index (χ2v) is 5.66. The van der Waals surface area contributed by atoms with Gasteiger partial charge < -0.3 is 11.1 Å². The monoisotopic (exact) mass is 256 g/mol. The summed E-state index contributed by atoms with van der Waals surface area (Å²) < 4.78 is 0. The topological polar surface area (TPSA) is 55.1 Å². The summed E-state index contributed by atoms with van der Waals surface area (Å²) in [5.74, 6) is 1.32. The molecule has 3 heteroatoms. The highest BCUT2D eigenvalue weighted by Crippen LogP contribution is 2.09. The van der Waals surface area contributed by atoms with Crippen LogP contribution in [0.25, 0.3) is 0 Å². The fourth-order valence-corrected chi connectivity index (χ4v) is 1.99. The number of carbonyl (C=O) groups is 1. The minimum absolute atomic E-state index is 0.162. The van der Waals surface area contributed by atoms with Crippen LogP contribution in [0.2, 0.25) is 0 Å². The van der Waals surface area contributed by atoms with Crippen molar-refractivity contribution < 1.29 is 4.79 Å². The number of nitrogens with two attached hydrogens (primary N) is 1. The van der Waals surface area contributed by atoms with Gasteiger partial charge in [-0.3, -0.25) is 4.79 Å². The molecular formula is C15H32N2O. The molecule has 18 heavy (non-hydrogen) atoms. The van der Waals surface area contributed by atoms with Crippen molar-refractivity contribution >= 4 is 5.91 Å². The molecule has 0 bridgehead atoms. The van der Waals surface area contributed by atoms with Crippen LogP contribution in [0.1, 0.15) is 65.7 Å². The normalized spacial score (nSPS) is 12.7. The third-order valence-corrected chi connectivity index (χ3v) is 3.42. The predicted molar refractivity (Wildman–Crippen MR) is 78.4 cm³/mol. The van der Waals surface area contributed by atoms with E-state index in [1.165, 1.54) is 25.7 Å². The Morgan fingerprint density at radius 3 is 2.39 bits per heavy atom. The first kappa shape index (κ1) is 17.4. The van der Waals surface area contributed by atoms with Gasteiger partial charge in [-0.15, -0.1) is 0 Å². The molecule has 0 radical (unpaired) electrons. The minimum atomic E-state index is 0.162. The molecule has 0 aliphatic heterocycles. The molecule has 0 aromatic rings. The molecule has 108 valence electrons. The number of hydrogen-bond donors (Lipinski definition) is 2. The lowest BCUT2D eigenvalue weighted by Crippen LogP contribution is -2.28. The van der Waals surface area contributed by atoms with Gasteiger partial charge in [0, 0.05) is 13.0 Å². The zero-order chi connectivity index (χ0) is 13.8. The molecular weight excluding hydrogens is 224 g/mol. The van der Waals surface area contributed by atoms with Gasteiger partial charge in [0.15, 0.2) is 0 Å². The molecule has 3 nitrogen and oxygen atoms in total. The lowest BCUT2D eigenvalue weighted by molar-refractivity contribution is -0.122. The minimum Gasteiger partial charge on any atom is -0.356 e. The van der Waals surface area contributed by atoms with Gasteiger partial charge in [0.05, 0.1) is 0 Å². The van der Waals surface area contributed by atoms with Crippen molar-refractivity contribution in [3.8, 4) is 0 Å². The Morgan fingerprint density at radius 1 is 1.17 bits per heavy atom. The number of carbonyl (C=O) groups excluding carboxylic acids is 1. The summed E-state index contributed by atoms with van der Waals surface area (Å²) in [5, 5.41) is 2.99. The SMILES string of the molecule is CCC(CN)CC(=O)NCCCCCCC(C)C. The first-order chi connectivity index (χ1) is 8.60. The molecule has 0 fully saturated rings. The third kappa shape index (κ3) is 10.6. The first-order valence-corrected chi connectivity index (χ1v) is 7.56. The van der Waals surface area contributed by atoms with Gasteiger partial charge in [0.1, 0.15) is 0 Å². The Bertz CT molecular complexity index is 201. The molecule has 0 spiro atoms. The van der Waals surface area contributed by atoms with E-state index < -0.39 is 0 Å². The van der Waals surface area contributed by atoms with E-state index in [0.717, 1.165) is 25.3 Å². The smallest absolute Gasteiger partial charge is 0.220 e. The Hall–Kier alpha value is -0.570. The van der Waals surface area contributed by atoms with E-state index in [-0.39, 0.29) is 5.91 Å². The highest BCUT2D eigenvalue weighted by Gasteiger charge is 2.09. The maximum Gasteiger partial charge on any atom is 0.220 e. The van der Waals surface area contributed by atoms with E-state index in [1.54, 1.807) is 0 Å². The largest absolute Gasteiger partial charge is 0.356 e. The Morgan fingerprint density at radius 2 is 1.83 bits per heavy atom. The number of unbranched alkanes of at least 4 members (excludes halogenated alkanes) is 3. The average molecular weight is 256 g/mol. The van der Waals surface area contributed by atoms with Crippen LogP contribution in [0.5, 0.6) is 0 Å².